The van der Waals surface area contributed by atoms with Crippen LogP contribution in [-0.2, 0) is 11.3 Å². The zero-order valence-corrected chi connectivity index (χ0v) is 10.7. The number of amides is 2. The van der Waals surface area contributed by atoms with Crippen LogP contribution in [0.25, 0.3) is 0 Å². The number of nitrogens with two attached hydrogens (primary N) is 1. The Labute approximate surface area is 108 Å². The monoisotopic (exact) mass is 251 g/mol. The van der Waals surface area contributed by atoms with E-state index in [1.807, 2.05) is 24.3 Å². The van der Waals surface area contributed by atoms with Gasteiger partial charge in [-0.1, -0.05) is 12.1 Å². The highest BCUT2D eigenvalue weighted by molar-refractivity contribution is 5.89. The highest BCUT2D eigenvalue weighted by Crippen LogP contribution is 2.08. The molecule has 0 aliphatic heterocycles. The fourth-order valence-corrected chi connectivity index (χ4v) is 1.47. The quantitative estimate of drug-likeness (QED) is 0.645. The van der Waals surface area contributed by atoms with E-state index < -0.39 is 0 Å². The number of benzene rings is 1. The first-order valence-electron chi connectivity index (χ1n) is 6.09. The zero-order chi connectivity index (χ0) is 13.2. The number of carbonyl (C=O) groups is 1. The molecule has 1 rings (SSSR count). The highest BCUT2D eigenvalue weighted by atomic mass is 16.5. The lowest BCUT2D eigenvalue weighted by molar-refractivity contribution is 0.192. The van der Waals surface area contributed by atoms with Crippen LogP contribution in [0.1, 0.15) is 18.4 Å². The van der Waals surface area contributed by atoms with Crippen LogP contribution in [0.5, 0.6) is 0 Å². The minimum atomic E-state index is -0.187. The lowest BCUT2D eigenvalue weighted by Gasteiger charge is -2.08. The van der Waals surface area contributed by atoms with Crippen molar-refractivity contribution in [1.82, 2.24) is 5.32 Å². The van der Waals surface area contributed by atoms with E-state index in [9.17, 15) is 4.79 Å². The molecule has 0 bridgehead atoms. The second-order valence-electron chi connectivity index (χ2n) is 3.98. The van der Waals surface area contributed by atoms with Crippen LogP contribution in [0.4, 0.5) is 10.5 Å². The number of unbranched alkanes of at least 4 members (excludes halogenated alkanes) is 1. The summed E-state index contributed by atoms with van der Waals surface area (Å²) in [7, 11) is 1.67. The molecule has 0 aliphatic carbocycles. The number of rotatable bonds is 7. The summed E-state index contributed by atoms with van der Waals surface area (Å²) < 4.78 is 4.93. The molecule has 0 atom stereocenters. The van der Waals surface area contributed by atoms with Gasteiger partial charge in [-0.05, 0) is 30.5 Å². The summed E-state index contributed by atoms with van der Waals surface area (Å²) in [4.78, 5) is 11.5. The first kappa shape index (κ1) is 14.5. The van der Waals surface area contributed by atoms with Crippen LogP contribution in [0, 0.1) is 0 Å². The molecule has 0 aliphatic rings. The molecule has 0 spiro atoms. The molecule has 0 aromatic heterocycles. The maximum absolute atomic E-state index is 11.5. The van der Waals surface area contributed by atoms with E-state index in [4.69, 9.17) is 10.5 Å². The third kappa shape index (κ3) is 5.65. The van der Waals surface area contributed by atoms with Crippen molar-refractivity contribution < 1.29 is 9.53 Å². The van der Waals surface area contributed by atoms with E-state index in [1.165, 1.54) is 0 Å². The molecule has 0 heterocycles. The maximum Gasteiger partial charge on any atom is 0.319 e. The summed E-state index contributed by atoms with van der Waals surface area (Å²) >= 11 is 0. The molecule has 2 amide bonds. The van der Waals surface area contributed by atoms with Crippen LogP contribution in [0.15, 0.2) is 24.3 Å². The van der Waals surface area contributed by atoms with Gasteiger partial charge >= 0.3 is 6.03 Å². The normalized spacial score (nSPS) is 10.1. The van der Waals surface area contributed by atoms with Crippen molar-refractivity contribution in [2.75, 3.05) is 25.6 Å². The number of methoxy groups -OCH3 is 1. The van der Waals surface area contributed by atoms with E-state index in [2.05, 4.69) is 10.6 Å². The predicted molar refractivity (Wildman–Crippen MR) is 72.5 cm³/mol. The fraction of sp³-hybridized carbons (Fsp3) is 0.462. The van der Waals surface area contributed by atoms with Gasteiger partial charge in [0.15, 0.2) is 0 Å². The van der Waals surface area contributed by atoms with Crippen LogP contribution in [-0.4, -0.2) is 26.3 Å². The predicted octanol–water partition coefficient (Wildman–Crippen LogP) is 1.69. The number of carbonyl (C=O) groups excluding carboxylic acids is 1. The second kappa shape index (κ2) is 8.49. The molecule has 1 aromatic carbocycles. The van der Waals surface area contributed by atoms with Gasteiger partial charge in [0.25, 0.3) is 0 Å². The topological polar surface area (TPSA) is 76.4 Å². The van der Waals surface area contributed by atoms with Crippen molar-refractivity contribution >= 4 is 11.7 Å². The summed E-state index contributed by atoms with van der Waals surface area (Å²) in [6.45, 7) is 1.88. The lowest BCUT2D eigenvalue weighted by Crippen LogP contribution is -2.29. The fourth-order valence-electron chi connectivity index (χ4n) is 1.47. The molecule has 100 valence electrons. The van der Waals surface area contributed by atoms with Crippen molar-refractivity contribution in [3.05, 3.63) is 29.8 Å². The summed E-state index contributed by atoms with van der Waals surface area (Å²) in [5, 5.41) is 5.55. The summed E-state index contributed by atoms with van der Waals surface area (Å²) in [6, 6.07) is 7.29. The molecular formula is C13H21N3O2. The van der Waals surface area contributed by atoms with Gasteiger partial charge in [0.1, 0.15) is 0 Å². The average Bonchev–Trinajstić information content (AvgIpc) is 2.39. The van der Waals surface area contributed by atoms with E-state index in [-0.39, 0.29) is 6.03 Å². The molecule has 4 N–H and O–H groups in total. The Morgan fingerprint density at radius 3 is 2.61 bits per heavy atom. The van der Waals surface area contributed by atoms with E-state index >= 15 is 0 Å². The van der Waals surface area contributed by atoms with Crippen LogP contribution in [0.3, 0.4) is 0 Å². The molecule has 0 saturated carbocycles. The molecule has 18 heavy (non-hydrogen) atoms. The van der Waals surface area contributed by atoms with E-state index in [0.29, 0.717) is 13.1 Å². The third-order valence-corrected chi connectivity index (χ3v) is 2.51. The van der Waals surface area contributed by atoms with Crippen molar-refractivity contribution in [3.8, 4) is 0 Å². The van der Waals surface area contributed by atoms with Crippen LogP contribution < -0.4 is 16.4 Å². The molecule has 5 nitrogen and oxygen atoms in total. The number of hydrogen-bond donors (Lipinski definition) is 3. The van der Waals surface area contributed by atoms with Gasteiger partial charge in [0.2, 0.25) is 0 Å². The number of urea groups is 1. The maximum atomic E-state index is 11.5. The molecule has 5 heteroatoms. The van der Waals surface area contributed by atoms with E-state index in [1.54, 1.807) is 7.11 Å². The van der Waals surface area contributed by atoms with Crippen LogP contribution in [0.2, 0.25) is 0 Å². The number of ether oxygens (including phenoxy) is 1. The van der Waals surface area contributed by atoms with Crippen LogP contribution >= 0.6 is 0 Å². The standard InChI is InChI=1S/C13H21N3O2/c1-18-9-3-2-8-15-13(17)16-12-6-4-11(10-14)5-7-12/h4-7H,2-3,8-10,14H2,1H3,(H2,15,16,17). The number of anilines is 1. The minimum absolute atomic E-state index is 0.187. The molecule has 0 radical (unpaired) electrons. The van der Waals surface area contributed by atoms with Gasteiger partial charge < -0.3 is 21.1 Å². The molecule has 0 saturated heterocycles. The zero-order valence-electron chi connectivity index (χ0n) is 10.7. The lowest BCUT2D eigenvalue weighted by atomic mass is 10.2. The SMILES string of the molecule is COCCCCNC(=O)Nc1ccc(CN)cc1. The molecule has 0 fully saturated rings. The Kier molecular flexibility index (Phi) is 6.83. The number of nitrogens with one attached hydrogen (secondary N) is 2. The molecular weight excluding hydrogens is 230 g/mol. The van der Waals surface area contributed by atoms with Gasteiger partial charge in [-0.25, -0.2) is 4.79 Å². The average molecular weight is 251 g/mol. The van der Waals surface area contributed by atoms with Gasteiger partial charge in [-0.3, -0.25) is 0 Å². The first-order valence-corrected chi connectivity index (χ1v) is 6.09. The summed E-state index contributed by atoms with van der Waals surface area (Å²) in [6.07, 6.45) is 1.86. The van der Waals surface area contributed by atoms with Gasteiger partial charge in [0.05, 0.1) is 0 Å². The third-order valence-electron chi connectivity index (χ3n) is 2.51. The Balaban J connectivity index is 2.22. The molecule has 1 aromatic rings. The second-order valence-corrected chi connectivity index (χ2v) is 3.98. The van der Waals surface area contributed by atoms with Crippen molar-refractivity contribution in [1.29, 1.82) is 0 Å². The summed E-state index contributed by atoms with van der Waals surface area (Å²) in [5.74, 6) is 0. The Morgan fingerprint density at radius 2 is 2.00 bits per heavy atom. The van der Waals surface area contributed by atoms with Crippen molar-refractivity contribution in [2.24, 2.45) is 5.73 Å². The number of hydrogen-bond acceptors (Lipinski definition) is 3. The summed E-state index contributed by atoms with van der Waals surface area (Å²) in [5.41, 5.74) is 7.30. The first-order chi connectivity index (χ1) is 8.76. The molecule has 0 unspecified atom stereocenters. The Morgan fingerprint density at radius 1 is 1.28 bits per heavy atom. The highest BCUT2D eigenvalue weighted by Gasteiger charge is 2.00. The van der Waals surface area contributed by atoms with Gasteiger partial charge in [-0.2, -0.15) is 0 Å². The Bertz CT molecular complexity index is 352. The van der Waals surface area contributed by atoms with Gasteiger partial charge in [-0.15, -0.1) is 0 Å². The van der Waals surface area contributed by atoms with Crippen molar-refractivity contribution in [2.45, 2.75) is 19.4 Å². The minimum Gasteiger partial charge on any atom is -0.385 e. The largest absolute Gasteiger partial charge is 0.385 e. The Hall–Kier alpha value is -1.59. The smallest absolute Gasteiger partial charge is 0.319 e. The van der Waals surface area contributed by atoms with E-state index in [0.717, 1.165) is 30.7 Å². The van der Waals surface area contributed by atoms with Gasteiger partial charge in [0, 0.05) is 32.5 Å². The van der Waals surface area contributed by atoms with Crippen molar-refractivity contribution in [3.63, 3.8) is 0 Å².